The second kappa shape index (κ2) is 8.26. The zero-order valence-electron chi connectivity index (χ0n) is 13.5. The number of esters is 1. The summed E-state index contributed by atoms with van der Waals surface area (Å²) in [6.07, 6.45) is 0.648. The Kier molecular flexibility index (Phi) is 6.69. The van der Waals surface area contributed by atoms with Crippen molar-refractivity contribution in [3.8, 4) is 5.75 Å². The van der Waals surface area contributed by atoms with E-state index in [0.717, 1.165) is 6.42 Å². The van der Waals surface area contributed by atoms with E-state index in [-0.39, 0.29) is 30.3 Å². The third-order valence-electron chi connectivity index (χ3n) is 2.97. The summed E-state index contributed by atoms with van der Waals surface area (Å²) in [5.41, 5.74) is 6.48. The standard InChI is InChI=1S/C16H24N2O4/c1-5-11(4)18-15(19)9-21-14-7-6-12(8-13(14)17)16(20)22-10(2)3/h6-8,10-11H,5,9,17H2,1-4H3,(H,18,19). The summed E-state index contributed by atoms with van der Waals surface area (Å²) in [6.45, 7) is 7.33. The Morgan fingerprint density at radius 2 is 1.95 bits per heavy atom. The summed E-state index contributed by atoms with van der Waals surface area (Å²) in [5, 5.41) is 2.79. The third kappa shape index (κ3) is 5.63. The maximum atomic E-state index is 11.8. The number of ether oxygens (including phenoxy) is 2. The van der Waals surface area contributed by atoms with Gasteiger partial charge in [-0.3, -0.25) is 4.79 Å². The van der Waals surface area contributed by atoms with Gasteiger partial charge in [-0.1, -0.05) is 6.92 Å². The van der Waals surface area contributed by atoms with Gasteiger partial charge in [0.15, 0.2) is 6.61 Å². The Hall–Kier alpha value is -2.24. The molecule has 0 aliphatic carbocycles. The van der Waals surface area contributed by atoms with Crippen molar-refractivity contribution in [1.29, 1.82) is 0 Å². The van der Waals surface area contributed by atoms with E-state index in [1.807, 2.05) is 13.8 Å². The molecule has 1 rings (SSSR count). The molecule has 3 N–H and O–H groups in total. The highest BCUT2D eigenvalue weighted by Gasteiger charge is 2.13. The molecule has 6 heteroatoms. The molecule has 0 heterocycles. The number of nitrogens with two attached hydrogens (primary N) is 1. The Morgan fingerprint density at radius 3 is 2.50 bits per heavy atom. The lowest BCUT2D eigenvalue weighted by Crippen LogP contribution is -2.35. The predicted octanol–water partition coefficient (Wildman–Crippen LogP) is 2.13. The van der Waals surface area contributed by atoms with Gasteiger partial charge in [-0.05, 0) is 45.4 Å². The normalized spacial score (nSPS) is 11.9. The van der Waals surface area contributed by atoms with Crippen LogP contribution in [0.25, 0.3) is 0 Å². The zero-order chi connectivity index (χ0) is 16.7. The van der Waals surface area contributed by atoms with Gasteiger partial charge in [0.2, 0.25) is 0 Å². The maximum absolute atomic E-state index is 11.8. The molecule has 1 atom stereocenters. The van der Waals surface area contributed by atoms with E-state index >= 15 is 0 Å². The van der Waals surface area contributed by atoms with Gasteiger partial charge in [0.25, 0.3) is 5.91 Å². The quantitative estimate of drug-likeness (QED) is 0.595. The highest BCUT2D eigenvalue weighted by atomic mass is 16.5. The molecule has 0 saturated heterocycles. The molecule has 0 saturated carbocycles. The van der Waals surface area contributed by atoms with Crippen molar-refractivity contribution in [2.24, 2.45) is 0 Å². The Balaban J connectivity index is 2.63. The summed E-state index contributed by atoms with van der Waals surface area (Å²) in [7, 11) is 0. The highest BCUT2D eigenvalue weighted by molar-refractivity contribution is 5.91. The molecule has 1 aromatic rings. The fraction of sp³-hybridized carbons (Fsp3) is 0.500. The number of hydrogen-bond donors (Lipinski definition) is 2. The second-order valence-electron chi connectivity index (χ2n) is 5.37. The first-order valence-electron chi connectivity index (χ1n) is 7.36. The largest absolute Gasteiger partial charge is 0.482 e. The van der Waals surface area contributed by atoms with E-state index in [9.17, 15) is 9.59 Å². The Labute approximate surface area is 131 Å². The van der Waals surface area contributed by atoms with Gasteiger partial charge in [-0.25, -0.2) is 4.79 Å². The summed E-state index contributed by atoms with van der Waals surface area (Å²) < 4.78 is 10.5. The van der Waals surface area contributed by atoms with Gasteiger partial charge in [-0.2, -0.15) is 0 Å². The molecule has 0 aliphatic rings. The van der Waals surface area contributed by atoms with Crippen LogP contribution in [-0.4, -0.2) is 30.6 Å². The van der Waals surface area contributed by atoms with E-state index in [1.165, 1.54) is 6.07 Å². The number of carbonyl (C=O) groups excluding carboxylic acids is 2. The van der Waals surface area contributed by atoms with E-state index in [4.69, 9.17) is 15.2 Å². The van der Waals surface area contributed by atoms with E-state index in [2.05, 4.69) is 5.32 Å². The summed E-state index contributed by atoms with van der Waals surface area (Å²) >= 11 is 0. The van der Waals surface area contributed by atoms with Gasteiger partial charge < -0.3 is 20.5 Å². The first-order chi connectivity index (χ1) is 10.3. The molecule has 6 nitrogen and oxygen atoms in total. The lowest BCUT2D eigenvalue weighted by molar-refractivity contribution is -0.123. The smallest absolute Gasteiger partial charge is 0.338 e. The fourth-order valence-electron chi connectivity index (χ4n) is 1.65. The van der Waals surface area contributed by atoms with Crippen LogP contribution in [0.4, 0.5) is 5.69 Å². The topological polar surface area (TPSA) is 90.6 Å². The van der Waals surface area contributed by atoms with Crippen molar-refractivity contribution < 1.29 is 19.1 Å². The second-order valence-corrected chi connectivity index (χ2v) is 5.37. The highest BCUT2D eigenvalue weighted by Crippen LogP contribution is 2.23. The number of nitrogens with one attached hydrogen (secondary N) is 1. The van der Waals surface area contributed by atoms with E-state index in [0.29, 0.717) is 11.3 Å². The van der Waals surface area contributed by atoms with Crippen LogP contribution in [0.1, 0.15) is 44.5 Å². The number of anilines is 1. The van der Waals surface area contributed by atoms with Crippen LogP contribution >= 0.6 is 0 Å². The SMILES string of the molecule is CCC(C)NC(=O)COc1ccc(C(=O)OC(C)C)cc1N. The molecular weight excluding hydrogens is 284 g/mol. The predicted molar refractivity (Wildman–Crippen MR) is 84.8 cm³/mol. The molecule has 0 spiro atoms. The lowest BCUT2D eigenvalue weighted by atomic mass is 10.2. The van der Waals surface area contributed by atoms with E-state index in [1.54, 1.807) is 26.0 Å². The minimum absolute atomic E-state index is 0.0987. The lowest BCUT2D eigenvalue weighted by Gasteiger charge is -2.13. The van der Waals surface area contributed by atoms with Crippen molar-refractivity contribution in [2.75, 3.05) is 12.3 Å². The molecule has 22 heavy (non-hydrogen) atoms. The van der Waals surface area contributed by atoms with Crippen LogP contribution in [0.3, 0.4) is 0 Å². The number of benzene rings is 1. The van der Waals surface area contributed by atoms with Crippen molar-refractivity contribution in [3.63, 3.8) is 0 Å². The summed E-state index contributed by atoms with van der Waals surface area (Å²) in [6, 6.07) is 4.69. The first kappa shape index (κ1) is 17.8. The van der Waals surface area contributed by atoms with Crippen molar-refractivity contribution >= 4 is 17.6 Å². The van der Waals surface area contributed by atoms with Gasteiger partial charge in [-0.15, -0.1) is 0 Å². The van der Waals surface area contributed by atoms with Crippen molar-refractivity contribution in [2.45, 2.75) is 46.3 Å². The third-order valence-corrected chi connectivity index (χ3v) is 2.97. The molecule has 0 bridgehead atoms. The molecule has 0 aliphatic heterocycles. The molecule has 0 aromatic heterocycles. The number of nitrogen functional groups attached to an aromatic ring is 1. The Bertz CT molecular complexity index is 529. The van der Waals surface area contributed by atoms with Crippen molar-refractivity contribution in [1.82, 2.24) is 5.32 Å². The van der Waals surface area contributed by atoms with Crippen molar-refractivity contribution in [3.05, 3.63) is 23.8 Å². The molecule has 1 aromatic carbocycles. The first-order valence-corrected chi connectivity index (χ1v) is 7.36. The minimum atomic E-state index is -0.442. The van der Waals surface area contributed by atoms with Gasteiger partial charge >= 0.3 is 5.97 Å². The molecule has 1 amide bonds. The number of hydrogen-bond acceptors (Lipinski definition) is 5. The molecule has 122 valence electrons. The molecule has 0 radical (unpaired) electrons. The minimum Gasteiger partial charge on any atom is -0.482 e. The van der Waals surface area contributed by atoms with Gasteiger partial charge in [0, 0.05) is 6.04 Å². The molecule has 0 fully saturated rings. The molecule has 1 unspecified atom stereocenters. The average Bonchev–Trinajstić information content (AvgIpc) is 2.44. The van der Waals surface area contributed by atoms with Crippen LogP contribution in [0, 0.1) is 0 Å². The summed E-state index contributed by atoms with van der Waals surface area (Å²) in [4.78, 5) is 23.4. The zero-order valence-corrected chi connectivity index (χ0v) is 13.5. The van der Waals surface area contributed by atoms with Crippen LogP contribution in [0.2, 0.25) is 0 Å². The van der Waals surface area contributed by atoms with Crippen LogP contribution in [0.15, 0.2) is 18.2 Å². The van der Waals surface area contributed by atoms with E-state index < -0.39 is 5.97 Å². The number of amides is 1. The maximum Gasteiger partial charge on any atom is 0.338 e. The van der Waals surface area contributed by atoms with Gasteiger partial charge in [0.05, 0.1) is 17.4 Å². The fourth-order valence-corrected chi connectivity index (χ4v) is 1.65. The molecular formula is C16H24N2O4. The number of rotatable bonds is 7. The van der Waals surface area contributed by atoms with Crippen LogP contribution in [-0.2, 0) is 9.53 Å². The Morgan fingerprint density at radius 1 is 1.27 bits per heavy atom. The average molecular weight is 308 g/mol. The van der Waals surface area contributed by atoms with Gasteiger partial charge in [0.1, 0.15) is 5.75 Å². The monoisotopic (exact) mass is 308 g/mol. The summed E-state index contributed by atoms with van der Waals surface area (Å²) in [5.74, 6) is -0.291. The number of carbonyl (C=O) groups is 2. The van der Waals surface area contributed by atoms with Crippen LogP contribution in [0.5, 0.6) is 5.75 Å². The van der Waals surface area contributed by atoms with Crippen LogP contribution < -0.4 is 15.8 Å².